The fourth-order valence-corrected chi connectivity index (χ4v) is 3.27. The van der Waals surface area contributed by atoms with E-state index in [1.165, 1.54) is 5.69 Å². The van der Waals surface area contributed by atoms with Crippen LogP contribution in [0.2, 0.25) is 0 Å². The lowest BCUT2D eigenvalue weighted by molar-refractivity contribution is 0.197. The standard InChI is InChI=1S/C18H21N5O/c1-12(2)18-22-14(10-24-18)9-23-7-5-15-16(21-11-20-15)17(23)13-4-3-6-19-8-13/h3-4,6,8,10-12,17H,5,7,9H2,1-2H3,(H,20,21). The van der Waals surface area contributed by atoms with Crippen LogP contribution in [0.1, 0.15) is 54.3 Å². The summed E-state index contributed by atoms with van der Waals surface area (Å²) in [6, 6.07) is 4.17. The lowest BCUT2D eigenvalue weighted by Gasteiger charge is -2.34. The molecule has 1 atom stereocenters. The van der Waals surface area contributed by atoms with Crippen LogP contribution in [0.5, 0.6) is 0 Å². The summed E-state index contributed by atoms with van der Waals surface area (Å²) in [5, 5.41) is 0. The number of aromatic nitrogens is 4. The molecule has 0 bridgehead atoms. The van der Waals surface area contributed by atoms with Gasteiger partial charge in [-0.05, 0) is 11.6 Å². The highest BCUT2D eigenvalue weighted by Crippen LogP contribution is 2.33. The molecule has 1 N–H and O–H groups in total. The molecule has 0 amide bonds. The van der Waals surface area contributed by atoms with Crippen LogP contribution in [0.15, 0.2) is 41.5 Å². The van der Waals surface area contributed by atoms with Crippen LogP contribution in [0.25, 0.3) is 0 Å². The van der Waals surface area contributed by atoms with Gasteiger partial charge in [0.05, 0.1) is 23.8 Å². The summed E-state index contributed by atoms with van der Waals surface area (Å²) in [6.45, 7) is 5.86. The summed E-state index contributed by atoms with van der Waals surface area (Å²) in [5.74, 6) is 1.09. The Morgan fingerprint density at radius 2 is 2.33 bits per heavy atom. The average molecular weight is 323 g/mol. The van der Waals surface area contributed by atoms with Gasteiger partial charge in [0.15, 0.2) is 5.89 Å². The maximum Gasteiger partial charge on any atom is 0.196 e. The molecule has 4 rings (SSSR count). The van der Waals surface area contributed by atoms with E-state index in [1.54, 1.807) is 18.8 Å². The summed E-state index contributed by atoms with van der Waals surface area (Å²) in [5.41, 5.74) is 4.41. The molecular weight excluding hydrogens is 302 g/mol. The van der Waals surface area contributed by atoms with E-state index >= 15 is 0 Å². The van der Waals surface area contributed by atoms with E-state index in [0.29, 0.717) is 5.92 Å². The SMILES string of the molecule is CC(C)c1nc(CN2CCc3[nH]cnc3C2c2cccnc2)co1. The summed E-state index contributed by atoms with van der Waals surface area (Å²) in [7, 11) is 0. The van der Waals surface area contributed by atoms with Crippen molar-refractivity contribution in [2.45, 2.75) is 38.8 Å². The maximum atomic E-state index is 5.59. The third-order valence-electron chi connectivity index (χ3n) is 4.45. The van der Waals surface area contributed by atoms with Crippen molar-refractivity contribution in [3.63, 3.8) is 0 Å². The smallest absolute Gasteiger partial charge is 0.196 e. The van der Waals surface area contributed by atoms with Gasteiger partial charge >= 0.3 is 0 Å². The molecular formula is C18H21N5O. The molecule has 6 heteroatoms. The predicted molar refractivity (Wildman–Crippen MR) is 89.4 cm³/mol. The first-order valence-electron chi connectivity index (χ1n) is 8.33. The number of hydrogen-bond donors (Lipinski definition) is 1. The van der Waals surface area contributed by atoms with Crippen molar-refractivity contribution in [1.82, 2.24) is 24.8 Å². The number of rotatable bonds is 4. The Morgan fingerprint density at radius 3 is 3.08 bits per heavy atom. The Labute approximate surface area is 141 Å². The van der Waals surface area contributed by atoms with Crippen LogP contribution in [-0.4, -0.2) is 31.4 Å². The van der Waals surface area contributed by atoms with Crippen LogP contribution >= 0.6 is 0 Å². The number of oxazole rings is 1. The Bertz CT molecular complexity index is 808. The van der Waals surface area contributed by atoms with Crippen LogP contribution in [0, 0.1) is 0 Å². The van der Waals surface area contributed by atoms with Gasteiger partial charge in [-0.15, -0.1) is 0 Å². The third kappa shape index (κ3) is 2.73. The van der Waals surface area contributed by atoms with Gasteiger partial charge in [0.1, 0.15) is 6.26 Å². The van der Waals surface area contributed by atoms with E-state index in [-0.39, 0.29) is 6.04 Å². The van der Waals surface area contributed by atoms with E-state index < -0.39 is 0 Å². The minimum Gasteiger partial charge on any atom is -0.448 e. The molecule has 4 heterocycles. The lowest BCUT2D eigenvalue weighted by atomic mass is 9.96. The molecule has 0 aliphatic carbocycles. The molecule has 3 aromatic rings. The first-order chi connectivity index (χ1) is 11.7. The number of nitrogens with one attached hydrogen (secondary N) is 1. The van der Waals surface area contributed by atoms with Crippen molar-refractivity contribution in [3.05, 3.63) is 65.7 Å². The molecule has 1 aliphatic rings. The summed E-state index contributed by atoms with van der Waals surface area (Å²) in [6.07, 6.45) is 8.24. The van der Waals surface area contributed by atoms with E-state index in [9.17, 15) is 0 Å². The van der Waals surface area contributed by atoms with E-state index in [4.69, 9.17) is 4.42 Å². The molecule has 24 heavy (non-hydrogen) atoms. The van der Waals surface area contributed by atoms with E-state index in [2.05, 4.69) is 44.7 Å². The van der Waals surface area contributed by atoms with Crippen LogP contribution < -0.4 is 0 Å². The van der Waals surface area contributed by atoms with E-state index in [0.717, 1.165) is 42.4 Å². The first kappa shape index (κ1) is 15.1. The number of hydrogen-bond acceptors (Lipinski definition) is 5. The van der Waals surface area contributed by atoms with E-state index in [1.807, 2.05) is 12.3 Å². The van der Waals surface area contributed by atoms with Gasteiger partial charge in [-0.3, -0.25) is 9.88 Å². The van der Waals surface area contributed by atoms with Gasteiger partial charge in [-0.2, -0.15) is 0 Å². The van der Waals surface area contributed by atoms with Crippen LogP contribution in [-0.2, 0) is 13.0 Å². The number of H-pyrrole nitrogens is 1. The molecule has 1 aliphatic heterocycles. The Morgan fingerprint density at radius 1 is 1.42 bits per heavy atom. The largest absolute Gasteiger partial charge is 0.448 e. The minimum atomic E-state index is 0.0906. The second kappa shape index (κ2) is 6.20. The van der Waals surface area contributed by atoms with Crippen molar-refractivity contribution in [1.29, 1.82) is 0 Å². The highest BCUT2D eigenvalue weighted by atomic mass is 16.3. The van der Waals surface area contributed by atoms with Crippen molar-refractivity contribution in [2.24, 2.45) is 0 Å². The molecule has 0 fully saturated rings. The molecule has 0 saturated carbocycles. The fourth-order valence-electron chi connectivity index (χ4n) is 3.27. The monoisotopic (exact) mass is 323 g/mol. The van der Waals surface area contributed by atoms with Crippen LogP contribution in [0.3, 0.4) is 0 Å². The summed E-state index contributed by atoms with van der Waals surface area (Å²) < 4.78 is 5.59. The number of nitrogens with zero attached hydrogens (tertiary/aromatic N) is 4. The van der Waals surface area contributed by atoms with Crippen molar-refractivity contribution in [2.75, 3.05) is 6.54 Å². The van der Waals surface area contributed by atoms with Gasteiger partial charge in [-0.25, -0.2) is 9.97 Å². The quantitative estimate of drug-likeness (QED) is 0.799. The Balaban J connectivity index is 1.66. The molecule has 124 valence electrons. The Hall–Kier alpha value is -2.47. The number of fused-ring (bicyclic) bond motifs is 1. The van der Waals surface area contributed by atoms with Crippen molar-refractivity contribution >= 4 is 0 Å². The molecule has 3 aromatic heterocycles. The van der Waals surface area contributed by atoms with Crippen molar-refractivity contribution < 1.29 is 4.42 Å². The fraction of sp³-hybridized carbons (Fsp3) is 0.389. The summed E-state index contributed by atoms with van der Waals surface area (Å²) >= 11 is 0. The van der Waals surface area contributed by atoms with Gasteiger partial charge in [0, 0.05) is 43.5 Å². The van der Waals surface area contributed by atoms with Crippen molar-refractivity contribution in [3.8, 4) is 0 Å². The minimum absolute atomic E-state index is 0.0906. The zero-order valence-corrected chi connectivity index (χ0v) is 13.9. The zero-order valence-electron chi connectivity index (χ0n) is 13.9. The number of imidazole rings is 1. The second-order valence-electron chi connectivity index (χ2n) is 6.51. The van der Waals surface area contributed by atoms with Gasteiger partial charge in [0.2, 0.25) is 0 Å². The zero-order chi connectivity index (χ0) is 16.5. The van der Waals surface area contributed by atoms with Gasteiger partial charge < -0.3 is 9.40 Å². The highest BCUT2D eigenvalue weighted by Gasteiger charge is 2.31. The summed E-state index contributed by atoms with van der Waals surface area (Å²) in [4.78, 5) is 19.1. The van der Waals surface area contributed by atoms with Gasteiger partial charge in [0.25, 0.3) is 0 Å². The number of aromatic amines is 1. The normalized spacial score (nSPS) is 18.0. The predicted octanol–water partition coefficient (Wildman–Crippen LogP) is 3.06. The Kier molecular flexibility index (Phi) is 3.90. The third-order valence-corrected chi connectivity index (χ3v) is 4.45. The van der Waals surface area contributed by atoms with Gasteiger partial charge in [-0.1, -0.05) is 19.9 Å². The molecule has 0 radical (unpaired) electrons. The number of pyridine rings is 1. The average Bonchev–Trinajstić information content (AvgIpc) is 3.24. The highest BCUT2D eigenvalue weighted by molar-refractivity contribution is 5.31. The lowest BCUT2D eigenvalue weighted by Crippen LogP contribution is -2.36. The molecule has 6 nitrogen and oxygen atoms in total. The second-order valence-corrected chi connectivity index (χ2v) is 6.51. The molecule has 0 aromatic carbocycles. The first-order valence-corrected chi connectivity index (χ1v) is 8.33. The van der Waals surface area contributed by atoms with Crippen LogP contribution in [0.4, 0.5) is 0 Å². The topological polar surface area (TPSA) is 70.8 Å². The maximum absolute atomic E-state index is 5.59. The molecule has 1 unspecified atom stereocenters. The molecule has 0 spiro atoms. The molecule has 0 saturated heterocycles.